The Kier molecular flexibility index (Phi) is 5.71. The molecule has 3 aromatic rings. The Morgan fingerprint density at radius 2 is 1.87 bits per heavy atom. The van der Waals surface area contributed by atoms with Gasteiger partial charge in [0.2, 0.25) is 5.89 Å². The van der Waals surface area contributed by atoms with E-state index in [1.807, 2.05) is 6.07 Å². The second-order valence-electron chi connectivity index (χ2n) is 7.36. The Hall–Kier alpha value is -4.06. The van der Waals surface area contributed by atoms with Gasteiger partial charge in [0.25, 0.3) is 11.8 Å². The minimum Gasteiger partial charge on any atom is -0.341 e. The number of carbonyl (C=O) groups is 2. The Morgan fingerprint density at radius 1 is 1.16 bits per heavy atom. The molecule has 0 bridgehead atoms. The van der Waals surface area contributed by atoms with Crippen molar-refractivity contribution in [2.24, 2.45) is 0 Å². The molecule has 1 aromatic carbocycles. The van der Waals surface area contributed by atoms with Gasteiger partial charge in [-0.05, 0) is 36.4 Å². The Bertz CT molecular complexity index is 1110. The van der Waals surface area contributed by atoms with E-state index >= 15 is 0 Å². The normalized spacial score (nSPS) is 13.4. The van der Waals surface area contributed by atoms with Gasteiger partial charge in [-0.15, -0.1) is 0 Å². The number of likely N-dealkylation sites (tertiary alicyclic amines) is 1. The molecule has 31 heavy (non-hydrogen) atoms. The number of aromatic nitrogens is 3. The molecule has 1 aliphatic heterocycles. The number of likely N-dealkylation sites (N-methyl/N-ethyl adjacent to an activating group) is 1. The second kappa shape index (κ2) is 8.75. The van der Waals surface area contributed by atoms with Crippen LogP contribution in [-0.2, 0) is 6.42 Å². The summed E-state index contributed by atoms with van der Waals surface area (Å²) in [6, 6.07) is 12.0. The molecule has 0 unspecified atom stereocenters. The topological polar surface area (TPSA) is 116 Å². The van der Waals surface area contributed by atoms with E-state index in [-0.39, 0.29) is 17.7 Å². The van der Waals surface area contributed by atoms with Gasteiger partial charge in [-0.2, -0.15) is 10.2 Å². The fraction of sp³-hybridized carbons (Fsp3) is 0.273. The van der Waals surface area contributed by atoms with E-state index in [0.29, 0.717) is 54.5 Å². The number of benzene rings is 1. The number of nitrogens with zero attached hydrogens (tertiary/aromatic N) is 6. The van der Waals surface area contributed by atoms with Crippen LogP contribution in [0.15, 0.2) is 53.3 Å². The van der Waals surface area contributed by atoms with Crippen molar-refractivity contribution in [1.82, 2.24) is 24.9 Å². The van der Waals surface area contributed by atoms with Crippen molar-refractivity contribution in [1.29, 1.82) is 5.26 Å². The Balaban J connectivity index is 1.27. The van der Waals surface area contributed by atoms with Crippen LogP contribution in [0, 0.1) is 11.3 Å². The number of hydrogen-bond donors (Lipinski definition) is 0. The van der Waals surface area contributed by atoms with Crippen molar-refractivity contribution in [3.05, 3.63) is 77.2 Å². The van der Waals surface area contributed by atoms with Gasteiger partial charge in [-0.3, -0.25) is 14.6 Å². The quantitative estimate of drug-likeness (QED) is 0.602. The van der Waals surface area contributed by atoms with E-state index in [1.54, 1.807) is 65.6 Å². The zero-order chi connectivity index (χ0) is 21.8. The summed E-state index contributed by atoms with van der Waals surface area (Å²) in [7, 11) is 1.72. The lowest BCUT2D eigenvalue weighted by atomic mass is 9.98. The minimum absolute atomic E-state index is 0.000220. The number of carbonyl (C=O) groups excluding carboxylic acids is 2. The van der Waals surface area contributed by atoms with Gasteiger partial charge in [0.1, 0.15) is 0 Å². The summed E-state index contributed by atoms with van der Waals surface area (Å²) in [6.45, 7) is 1.45. The Morgan fingerprint density at radius 3 is 2.55 bits per heavy atom. The van der Waals surface area contributed by atoms with Gasteiger partial charge in [0.05, 0.1) is 17.6 Å². The van der Waals surface area contributed by atoms with Crippen LogP contribution in [0.5, 0.6) is 0 Å². The smallest absolute Gasteiger partial charge is 0.253 e. The molecule has 0 N–H and O–H groups in total. The third-order valence-electron chi connectivity index (χ3n) is 5.21. The molecular formula is C22H20N6O3. The molecule has 0 saturated carbocycles. The molecule has 1 fully saturated rings. The summed E-state index contributed by atoms with van der Waals surface area (Å²) < 4.78 is 5.36. The molecule has 2 aromatic heterocycles. The van der Waals surface area contributed by atoms with Gasteiger partial charge in [0.15, 0.2) is 5.82 Å². The van der Waals surface area contributed by atoms with Gasteiger partial charge in [-0.1, -0.05) is 5.16 Å². The fourth-order valence-corrected chi connectivity index (χ4v) is 3.29. The predicted molar refractivity (Wildman–Crippen MR) is 109 cm³/mol. The van der Waals surface area contributed by atoms with Crippen molar-refractivity contribution in [2.75, 3.05) is 26.7 Å². The van der Waals surface area contributed by atoms with Crippen LogP contribution in [-0.4, -0.2) is 63.4 Å². The number of amides is 2. The van der Waals surface area contributed by atoms with Crippen molar-refractivity contribution >= 4 is 11.8 Å². The maximum absolute atomic E-state index is 12.5. The number of hydrogen-bond acceptors (Lipinski definition) is 7. The van der Waals surface area contributed by atoms with E-state index in [0.717, 1.165) is 0 Å². The molecule has 0 aliphatic carbocycles. The molecule has 1 aliphatic rings. The summed E-state index contributed by atoms with van der Waals surface area (Å²) in [5, 5.41) is 12.9. The summed E-state index contributed by atoms with van der Waals surface area (Å²) in [4.78, 5) is 36.5. The highest BCUT2D eigenvalue weighted by atomic mass is 16.5. The second-order valence-corrected chi connectivity index (χ2v) is 7.36. The van der Waals surface area contributed by atoms with E-state index in [4.69, 9.17) is 9.78 Å². The first-order valence-corrected chi connectivity index (χ1v) is 9.82. The lowest BCUT2D eigenvalue weighted by Gasteiger charge is -2.37. The lowest BCUT2D eigenvalue weighted by molar-refractivity contribution is 0.0569. The van der Waals surface area contributed by atoms with Crippen molar-refractivity contribution in [3.63, 3.8) is 0 Å². The summed E-state index contributed by atoms with van der Waals surface area (Å²) in [5.74, 6) is 0.849. The first kappa shape index (κ1) is 20.2. The zero-order valence-electron chi connectivity index (χ0n) is 16.9. The number of rotatable bonds is 6. The maximum atomic E-state index is 12.5. The molecule has 0 radical (unpaired) electrons. The van der Waals surface area contributed by atoms with Crippen LogP contribution in [0.1, 0.15) is 43.9 Å². The van der Waals surface area contributed by atoms with Gasteiger partial charge in [0, 0.05) is 56.6 Å². The highest BCUT2D eigenvalue weighted by Crippen LogP contribution is 2.27. The van der Waals surface area contributed by atoms with Crippen molar-refractivity contribution in [2.45, 2.75) is 12.3 Å². The molecule has 1 saturated heterocycles. The molecule has 2 amide bonds. The molecular weight excluding hydrogens is 396 g/mol. The van der Waals surface area contributed by atoms with Crippen LogP contribution in [0.2, 0.25) is 0 Å². The van der Waals surface area contributed by atoms with Crippen LogP contribution in [0.3, 0.4) is 0 Å². The third-order valence-corrected chi connectivity index (χ3v) is 5.21. The number of nitriles is 1. The summed E-state index contributed by atoms with van der Waals surface area (Å²) in [6.07, 6.45) is 3.64. The highest BCUT2D eigenvalue weighted by Gasteiger charge is 2.36. The molecule has 0 spiro atoms. The van der Waals surface area contributed by atoms with E-state index in [9.17, 15) is 9.59 Å². The van der Waals surface area contributed by atoms with Crippen LogP contribution < -0.4 is 0 Å². The van der Waals surface area contributed by atoms with Crippen molar-refractivity contribution in [3.8, 4) is 6.07 Å². The molecule has 4 rings (SSSR count). The van der Waals surface area contributed by atoms with E-state index in [1.165, 1.54) is 0 Å². The SMILES string of the molecule is CN(CCc1noc(C2CN(C(=O)c3ccc(C#N)cc3)C2)n1)C(=O)c1ccncc1. The monoisotopic (exact) mass is 416 g/mol. The molecule has 3 heterocycles. The predicted octanol–water partition coefficient (Wildman–Crippen LogP) is 1.89. The van der Waals surface area contributed by atoms with Gasteiger partial charge in [-0.25, -0.2) is 0 Å². The standard InChI is InChI=1S/C22H20N6O3/c1-27(21(29)17-6-9-24-10-7-17)11-8-19-25-20(31-26-19)18-13-28(14-18)22(30)16-4-2-15(12-23)3-5-16/h2-7,9-10,18H,8,11,13-14H2,1H3. The van der Waals surface area contributed by atoms with Gasteiger partial charge < -0.3 is 14.3 Å². The Labute approximate surface area is 178 Å². The third kappa shape index (κ3) is 4.43. The highest BCUT2D eigenvalue weighted by molar-refractivity contribution is 5.95. The van der Waals surface area contributed by atoms with E-state index < -0.39 is 0 Å². The van der Waals surface area contributed by atoms with Crippen LogP contribution in [0.4, 0.5) is 0 Å². The number of pyridine rings is 1. The first-order chi connectivity index (χ1) is 15.0. The van der Waals surface area contributed by atoms with Gasteiger partial charge >= 0.3 is 0 Å². The van der Waals surface area contributed by atoms with Crippen LogP contribution >= 0.6 is 0 Å². The largest absolute Gasteiger partial charge is 0.341 e. The van der Waals surface area contributed by atoms with Crippen LogP contribution in [0.25, 0.3) is 0 Å². The maximum Gasteiger partial charge on any atom is 0.253 e. The summed E-state index contributed by atoms with van der Waals surface area (Å²) in [5.41, 5.74) is 1.64. The summed E-state index contributed by atoms with van der Waals surface area (Å²) >= 11 is 0. The molecule has 0 atom stereocenters. The van der Waals surface area contributed by atoms with Crippen molar-refractivity contribution < 1.29 is 14.1 Å². The first-order valence-electron chi connectivity index (χ1n) is 9.82. The lowest BCUT2D eigenvalue weighted by Crippen LogP contribution is -2.48. The molecule has 156 valence electrons. The van der Waals surface area contributed by atoms with E-state index in [2.05, 4.69) is 15.1 Å². The molecule has 9 nitrogen and oxygen atoms in total. The minimum atomic E-state index is -0.0953. The average molecular weight is 416 g/mol. The average Bonchev–Trinajstić information content (AvgIpc) is 3.25. The molecule has 9 heteroatoms. The zero-order valence-corrected chi connectivity index (χ0v) is 16.9. The fourth-order valence-electron chi connectivity index (χ4n) is 3.29.